The summed E-state index contributed by atoms with van der Waals surface area (Å²) in [6, 6.07) is 9.85. The molecule has 0 fully saturated rings. The third kappa shape index (κ3) is 3.95. The first-order valence-electron chi connectivity index (χ1n) is 11.6. The van der Waals surface area contributed by atoms with Crippen molar-refractivity contribution in [2.45, 2.75) is 6.92 Å². The Kier molecular flexibility index (Phi) is 6.11. The van der Waals surface area contributed by atoms with E-state index in [2.05, 4.69) is 20.3 Å². The van der Waals surface area contributed by atoms with Gasteiger partial charge in [0.25, 0.3) is 0 Å². The van der Waals surface area contributed by atoms with Gasteiger partial charge in [-0.25, -0.2) is 19.7 Å². The Labute approximate surface area is 208 Å². The SMILES string of the molecule is CNc1ncc(-c2ccc3ncc4c(c3c2)n(-c2ccc(N(C)CCOC)nc2C)c(=O)n4C)cn1. The molecule has 1 N–H and O–H groups in total. The van der Waals surface area contributed by atoms with E-state index in [0.29, 0.717) is 19.1 Å². The molecular formula is C26H28N8O2. The van der Waals surface area contributed by atoms with Crippen LogP contribution in [0.4, 0.5) is 11.8 Å². The summed E-state index contributed by atoms with van der Waals surface area (Å²) in [6.45, 7) is 3.24. The van der Waals surface area contributed by atoms with Crippen molar-refractivity contribution >= 4 is 33.7 Å². The van der Waals surface area contributed by atoms with E-state index in [1.54, 1.807) is 48.9 Å². The summed E-state index contributed by atoms with van der Waals surface area (Å²) in [6.07, 6.45) is 5.30. The Bertz CT molecular complexity index is 1620. The van der Waals surface area contributed by atoms with Crippen molar-refractivity contribution in [3.05, 3.63) is 65.1 Å². The minimum Gasteiger partial charge on any atom is -0.383 e. The lowest BCUT2D eigenvalue weighted by atomic mass is 10.1. The Hall–Kier alpha value is -4.31. The summed E-state index contributed by atoms with van der Waals surface area (Å²) in [5, 5.41) is 3.79. The first-order valence-corrected chi connectivity index (χ1v) is 11.6. The highest BCUT2D eigenvalue weighted by Crippen LogP contribution is 2.30. The van der Waals surface area contributed by atoms with Gasteiger partial charge in [-0.2, -0.15) is 0 Å². The van der Waals surface area contributed by atoms with Crippen LogP contribution < -0.4 is 15.9 Å². The van der Waals surface area contributed by atoms with Gasteiger partial charge >= 0.3 is 5.69 Å². The van der Waals surface area contributed by atoms with E-state index < -0.39 is 0 Å². The molecule has 10 heteroatoms. The number of imidazole rings is 1. The molecule has 0 aliphatic carbocycles. The summed E-state index contributed by atoms with van der Waals surface area (Å²) < 4.78 is 8.53. The fourth-order valence-electron chi connectivity index (χ4n) is 4.34. The zero-order valence-corrected chi connectivity index (χ0v) is 21.0. The monoisotopic (exact) mass is 484 g/mol. The van der Waals surface area contributed by atoms with Gasteiger partial charge in [0, 0.05) is 58.1 Å². The first-order chi connectivity index (χ1) is 17.4. The molecule has 36 heavy (non-hydrogen) atoms. The van der Waals surface area contributed by atoms with Gasteiger partial charge in [0.1, 0.15) is 5.82 Å². The summed E-state index contributed by atoms with van der Waals surface area (Å²) in [5.74, 6) is 1.38. The van der Waals surface area contributed by atoms with Crippen LogP contribution >= 0.6 is 0 Å². The summed E-state index contributed by atoms with van der Waals surface area (Å²) in [5.41, 5.74) is 5.46. The topological polar surface area (TPSA) is 103 Å². The van der Waals surface area contributed by atoms with Crippen LogP contribution in [0.15, 0.2) is 53.7 Å². The smallest absolute Gasteiger partial charge is 0.333 e. The zero-order valence-electron chi connectivity index (χ0n) is 21.0. The highest BCUT2D eigenvalue weighted by Gasteiger charge is 2.19. The molecule has 0 aliphatic rings. The van der Waals surface area contributed by atoms with Gasteiger partial charge in [0.05, 0.1) is 40.7 Å². The predicted octanol–water partition coefficient (Wildman–Crippen LogP) is 3.16. The summed E-state index contributed by atoms with van der Waals surface area (Å²) in [7, 11) is 7.19. The number of hydrogen-bond donors (Lipinski definition) is 1. The lowest BCUT2D eigenvalue weighted by Gasteiger charge is -2.19. The third-order valence-electron chi connectivity index (χ3n) is 6.40. The molecule has 5 aromatic rings. The zero-order chi connectivity index (χ0) is 25.4. The Balaban J connectivity index is 1.70. The average Bonchev–Trinajstić information content (AvgIpc) is 3.16. The highest BCUT2D eigenvalue weighted by atomic mass is 16.5. The first kappa shape index (κ1) is 23.4. The van der Waals surface area contributed by atoms with Crippen LogP contribution in [0, 0.1) is 6.92 Å². The van der Waals surface area contributed by atoms with Crippen LogP contribution in [0.5, 0.6) is 0 Å². The van der Waals surface area contributed by atoms with Crippen LogP contribution in [0.3, 0.4) is 0 Å². The van der Waals surface area contributed by atoms with Crippen molar-refractivity contribution < 1.29 is 4.74 Å². The van der Waals surface area contributed by atoms with Gasteiger partial charge in [0.15, 0.2) is 0 Å². The number of ether oxygens (including phenoxy) is 1. The van der Waals surface area contributed by atoms with E-state index in [-0.39, 0.29) is 5.69 Å². The molecule has 4 aromatic heterocycles. The maximum Gasteiger partial charge on any atom is 0.333 e. The van der Waals surface area contributed by atoms with Gasteiger partial charge in [0.2, 0.25) is 5.95 Å². The highest BCUT2D eigenvalue weighted by molar-refractivity contribution is 6.04. The number of pyridine rings is 2. The number of hydrogen-bond acceptors (Lipinski definition) is 8. The Morgan fingerprint density at radius 3 is 2.53 bits per heavy atom. The van der Waals surface area contributed by atoms with E-state index in [0.717, 1.165) is 50.3 Å². The average molecular weight is 485 g/mol. The molecule has 0 bridgehead atoms. The largest absolute Gasteiger partial charge is 0.383 e. The molecule has 1 aromatic carbocycles. The molecular weight excluding hydrogens is 456 g/mol. The maximum absolute atomic E-state index is 13.5. The minimum absolute atomic E-state index is 0.156. The number of benzene rings is 1. The number of rotatable bonds is 7. The maximum atomic E-state index is 13.5. The molecule has 0 unspecified atom stereocenters. The lowest BCUT2D eigenvalue weighted by molar-refractivity contribution is 0.206. The molecule has 0 saturated heterocycles. The van der Waals surface area contributed by atoms with Crippen molar-refractivity contribution in [3.63, 3.8) is 0 Å². The Morgan fingerprint density at radius 2 is 1.83 bits per heavy atom. The van der Waals surface area contributed by atoms with E-state index in [1.165, 1.54) is 0 Å². The van der Waals surface area contributed by atoms with Crippen molar-refractivity contribution in [3.8, 4) is 16.8 Å². The molecule has 10 nitrogen and oxygen atoms in total. The summed E-state index contributed by atoms with van der Waals surface area (Å²) >= 11 is 0. The number of nitrogens with zero attached hydrogens (tertiary/aromatic N) is 7. The van der Waals surface area contributed by atoms with Crippen LogP contribution in [0.1, 0.15) is 5.69 Å². The molecule has 0 radical (unpaired) electrons. The number of aryl methyl sites for hydroxylation is 2. The number of nitrogens with one attached hydrogen (secondary N) is 1. The van der Waals surface area contributed by atoms with Crippen LogP contribution in [0.25, 0.3) is 38.8 Å². The number of fused-ring (bicyclic) bond motifs is 3. The quantitative estimate of drug-likeness (QED) is 0.376. The molecule has 184 valence electrons. The van der Waals surface area contributed by atoms with Gasteiger partial charge < -0.3 is 15.0 Å². The van der Waals surface area contributed by atoms with Crippen molar-refractivity contribution in [1.82, 2.24) is 29.1 Å². The molecule has 4 heterocycles. The van der Waals surface area contributed by atoms with E-state index in [4.69, 9.17) is 9.72 Å². The number of anilines is 2. The van der Waals surface area contributed by atoms with Gasteiger partial charge in [-0.05, 0) is 36.8 Å². The van der Waals surface area contributed by atoms with Crippen LogP contribution in [-0.4, -0.2) is 63.4 Å². The standard InChI is InChI=1S/C26H28N8O2/c1-16-21(8-9-23(31-16)32(3)10-11-36-5)34-24-19-12-17(18-13-29-25(27-2)30-14-18)6-7-20(19)28-15-22(24)33(4)26(34)35/h6-9,12-15H,10-11H2,1-5H3,(H,27,29,30). The molecule has 0 aliphatic heterocycles. The molecule has 0 spiro atoms. The van der Waals surface area contributed by atoms with Crippen LogP contribution in [0.2, 0.25) is 0 Å². The minimum atomic E-state index is -0.156. The Morgan fingerprint density at radius 1 is 1.06 bits per heavy atom. The second kappa shape index (κ2) is 9.38. The van der Waals surface area contributed by atoms with E-state index >= 15 is 0 Å². The van der Waals surface area contributed by atoms with E-state index in [9.17, 15) is 4.79 Å². The third-order valence-corrected chi connectivity index (χ3v) is 6.40. The predicted molar refractivity (Wildman–Crippen MR) is 142 cm³/mol. The van der Waals surface area contributed by atoms with E-state index in [1.807, 2.05) is 49.2 Å². The van der Waals surface area contributed by atoms with Crippen molar-refractivity contribution in [2.75, 3.05) is 44.6 Å². The number of likely N-dealkylation sites (N-methyl/N-ethyl adjacent to an activating group) is 1. The second-order valence-electron chi connectivity index (χ2n) is 8.63. The fourth-order valence-corrected chi connectivity index (χ4v) is 4.34. The van der Waals surface area contributed by atoms with Gasteiger partial charge in [-0.3, -0.25) is 14.1 Å². The summed E-state index contributed by atoms with van der Waals surface area (Å²) in [4.78, 5) is 33.6. The van der Waals surface area contributed by atoms with Crippen LogP contribution in [-0.2, 0) is 11.8 Å². The van der Waals surface area contributed by atoms with Crippen molar-refractivity contribution in [2.24, 2.45) is 7.05 Å². The van der Waals surface area contributed by atoms with Gasteiger partial charge in [-0.1, -0.05) is 6.07 Å². The lowest BCUT2D eigenvalue weighted by Crippen LogP contribution is -2.24. The molecule has 5 rings (SSSR count). The second-order valence-corrected chi connectivity index (χ2v) is 8.63. The number of methoxy groups -OCH3 is 1. The normalized spacial score (nSPS) is 11.4. The fraction of sp³-hybridized carbons (Fsp3) is 0.269. The van der Waals surface area contributed by atoms with Gasteiger partial charge in [-0.15, -0.1) is 0 Å². The molecule has 0 atom stereocenters. The molecule has 0 amide bonds. The molecule has 0 saturated carbocycles. The number of aromatic nitrogens is 6. The van der Waals surface area contributed by atoms with Crippen molar-refractivity contribution in [1.29, 1.82) is 0 Å².